The van der Waals surface area contributed by atoms with Crippen LogP contribution in [0.2, 0.25) is 0 Å². The molecule has 0 aliphatic carbocycles. The number of ether oxygens (including phenoxy) is 2. The Morgan fingerprint density at radius 3 is 2.59 bits per heavy atom. The minimum atomic E-state index is -0.723. The summed E-state index contributed by atoms with van der Waals surface area (Å²) in [5.74, 6) is -0.749. The molecule has 0 saturated carbocycles. The number of nitrogens with zero attached hydrogens (tertiary/aromatic N) is 2. The number of aliphatic hydroxyl groups is 1. The molecule has 2 unspecified atom stereocenters. The van der Waals surface area contributed by atoms with Gasteiger partial charge in [-0.1, -0.05) is 13.8 Å². The number of aliphatic hydroxyl groups excluding tert-OH is 1. The Bertz CT molecular complexity index is 1100. The zero-order chi connectivity index (χ0) is 29.1. The van der Waals surface area contributed by atoms with Gasteiger partial charge in [-0.25, -0.2) is 0 Å². The minimum Gasteiger partial charge on any atom is -0.494 e. The molecule has 5 rings (SSSR count). The Hall–Kier alpha value is -2.34. The van der Waals surface area contributed by atoms with Gasteiger partial charge in [-0.05, 0) is 56.4 Å². The number of nitrogens with one attached hydrogen (secondary N) is 2. The maximum absolute atomic E-state index is 14.3. The monoisotopic (exact) mass is 588 g/mol. The van der Waals surface area contributed by atoms with Crippen LogP contribution in [0.15, 0.2) is 24.3 Å². The third kappa shape index (κ3) is 5.96. The normalized spacial score (nSPS) is 30.0. The number of anilines is 1. The number of thioether (sulfide) groups is 1. The highest BCUT2D eigenvalue weighted by Crippen LogP contribution is 2.66. The average Bonchev–Trinajstić information content (AvgIpc) is 3.60. The summed E-state index contributed by atoms with van der Waals surface area (Å²) in [6.07, 6.45) is 2.05. The molecule has 2 bridgehead atoms. The molecule has 6 atom stereocenters. The first-order valence-corrected chi connectivity index (χ1v) is 15.9. The predicted molar refractivity (Wildman–Crippen MR) is 158 cm³/mol. The SMILES string of the molecule is CCOc1ccc(NC(=O)[C@@H]2[C@@H]3CCC4(S3)C(C(=O)NCCN3CCOCC3)N([C@@H](CO)CC(C)C)C(=O)[C@H]24)cc1. The van der Waals surface area contributed by atoms with Gasteiger partial charge in [0, 0.05) is 37.1 Å². The summed E-state index contributed by atoms with van der Waals surface area (Å²) in [4.78, 5) is 45.9. The second kappa shape index (κ2) is 12.9. The number of fused-ring (bicyclic) bond motifs is 1. The van der Waals surface area contributed by atoms with E-state index in [1.807, 2.05) is 32.9 Å². The van der Waals surface area contributed by atoms with E-state index < -0.39 is 28.7 Å². The number of hydrogen-bond acceptors (Lipinski definition) is 8. The highest BCUT2D eigenvalue weighted by atomic mass is 32.2. The second-order valence-electron chi connectivity index (χ2n) is 12.0. The fourth-order valence-corrected chi connectivity index (χ4v) is 9.40. The summed E-state index contributed by atoms with van der Waals surface area (Å²) in [6, 6.07) is 6.03. The van der Waals surface area contributed by atoms with E-state index in [4.69, 9.17) is 9.47 Å². The number of likely N-dealkylation sites (tertiary alicyclic amines) is 1. The Morgan fingerprint density at radius 2 is 1.93 bits per heavy atom. The van der Waals surface area contributed by atoms with Crippen molar-refractivity contribution in [1.82, 2.24) is 15.1 Å². The maximum Gasteiger partial charge on any atom is 0.244 e. The Balaban J connectivity index is 1.37. The van der Waals surface area contributed by atoms with E-state index >= 15 is 0 Å². The summed E-state index contributed by atoms with van der Waals surface area (Å²) in [6.45, 7) is 10.6. The first-order valence-electron chi connectivity index (χ1n) is 15.0. The number of morpholine rings is 1. The van der Waals surface area contributed by atoms with Crippen LogP contribution in [0.3, 0.4) is 0 Å². The zero-order valence-corrected chi connectivity index (χ0v) is 25.2. The van der Waals surface area contributed by atoms with Crippen molar-refractivity contribution in [3.63, 3.8) is 0 Å². The molecule has 4 aliphatic rings. The molecule has 10 nitrogen and oxygen atoms in total. The smallest absolute Gasteiger partial charge is 0.244 e. The van der Waals surface area contributed by atoms with Gasteiger partial charge in [0.2, 0.25) is 17.7 Å². The number of benzene rings is 1. The molecule has 41 heavy (non-hydrogen) atoms. The van der Waals surface area contributed by atoms with Crippen molar-refractivity contribution in [2.45, 2.75) is 62.1 Å². The summed E-state index contributed by atoms with van der Waals surface area (Å²) in [5, 5.41) is 16.5. The lowest BCUT2D eigenvalue weighted by Gasteiger charge is -2.37. The standard InChI is InChI=1S/C30H44N4O6S/c1-4-40-22-7-5-20(6-8-22)32-27(36)24-23-9-10-30(41-23)25(24)29(38)34(21(18-35)17-19(2)3)26(30)28(37)31-11-12-33-13-15-39-16-14-33/h5-8,19,21,23-26,35H,4,9-18H2,1-3H3,(H,31,37)(H,32,36)/t21-,23+,24-,25+,26?,30?/m1/s1. The van der Waals surface area contributed by atoms with Crippen LogP contribution in [0.25, 0.3) is 0 Å². The van der Waals surface area contributed by atoms with Crippen LogP contribution >= 0.6 is 11.8 Å². The Labute approximate surface area is 246 Å². The van der Waals surface area contributed by atoms with Gasteiger partial charge in [0.05, 0.1) is 49.1 Å². The van der Waals surface area contributed by atoms with Crippen LogP contribution in [-0.4, -0.2) is 107 Å². The Kier molecular flexibility index (Phi) is 9.47. The highest BCUT2D eigenvalue weighted by molar-refractivity contribution is 8.02. The summed E-state index contributed by atoms with van der Waals surface area (Å²) < 4.78 is 10.3. The lowest BCUT2D eigenvalue weighted by Crippen LogP contribution is -2.57. The van der Waals surface area contributed by atoms with E-state index in [1.54, 1.807) is 28.8 Å². The fourth-order valence-electron chi connectivity index (χ4n) is 7.19. The predicted octanol–water partition coefficient (Wildman–Crippen LogP) is 1.97. The quantitative estimate of drug-likeness (QED) is 0.339. The molecule has 3 amide bonds. The van der Waals surface area contributed by atoms with Crippen molar-refractivity contribution < 1.29 is 29.0 Å². The summed E-state index contributed by atoms with van der Waals surface area (Å²) in [5.41, 5.74) is 0.646. The first-order chi connectivity index (χ1) is 19.8. The zero-order valence-electron chi connectivity index (χ0n) is 24.3. The molecule has 4 fully saturated rings. The van der Waals surface area contributed by atoms with E-state index in [9.17, 15) is 19.5 Å². The Morgan fingerprint density at radius 1 is 1.20 bits per heavy atom. The van der Waals surface area contributed by atoms with E-state index in [0.29, 0.717) is 51.4 Å². The van der Waals surface area contributed by atoms with Crippen LogP contribution in [0.1, 0.15) is 40.0 Å². The molecule has 226 valence electrons. The third-order valence-electron chi connectivity index (χ3n) is 8.90. The van der Waals surface area contributed by atoms with Gasteiger partial charge in [-0.2, -0.15) is 0 Å². The van der Waals surface area contributed by atoms with Crippen molar-refractivity contribution in [2.75, 3.05) is 57.9 Å². The molecule has 4 aliphatic heterocycles. The molecule has 4 heterocycles. The van der Waals surface area contributed by atoms with Gasteiger partial charge < -0.3 is 30.1 Å². The topological polar surface area (TPSA) is 120 Å². The van der Waals surface area contributed by atoms with Crippen LogP contribution in [0.4, 0.5) is 5.69 Å². The number of amides is 3. The van der Waals surface area contributed by atoms with Crippen molar-refractivity contribution >= 4 is 35.2 Å². The second-order valence-corrected chi connectivity index (χ2v) is 13.6. The van der Waals surface area contributed by atoms with Crippen LogP contribution in [0, 0.1) is 17.8 Å². The van der Waals surface area contributed by atoms with E-state index in [2.05, 4.69) is 15.5 Å². The first kappa shape index (κ1) is 30.1. The van der Waals surface area contributed by atoms with E-state index in [-0.39, 0.29) is 35.5 Å². The molecule has 1 aromatic rings. The number of rotatable bonds is 12. The van der Waals surface area contributed by atoms with Crippen LogP contribution in [0.5, 0.6) is 5.75 Å². The number of carbonyl (C=O) groups excluding carboxylic acids is 3. The van der Waals surface area contributed by atoms with Gasteiger partial charge in [-0.3, -0.25) is 19.3 Å². The van der Waals surface area contributed by atoms with Gasteiger partial charge in [-0.15, -0.1) is 11.8 Å². The van der Waals surface area contributed by atoms with Crippen LogP contribution < -0.4 is 15.4 Å². The molecule has 0 radical (unpaired) electrons. The van der Waals surface area contributed by atoms with Gasteiger partial charge in [0.15, 0.2) is 0 Å². The number of hydrogen-bond donors (Lipinski definition) is 3. The van der Waals surface area contributed by atoms with Gasteiger partial charge in [0.25, 0.3) is 0 Å². The fraction of sp³-hybridized carbons (Fsp3) is 0.700. The van der Waals surface area contributed by atoms with E-state index in [1.165, 1.54) is 0 Å². The minimum absolute atomic E-state index is 0.0323. The molecule has 3 N–H and O–H groups in total. The van der Waals surface area contributed by atoms with Crippen molar-refractivity contribution in [3.05, 3.63) is 24.3 Å². The maximum atomic E-state index is 14.3. The van der Waals surface area contributed by atoms with Crippen LogP contribution in [-0.2, 0) is 19.1 Å². The molecule has 4 saturated heterocycles. The van der Waals surface area contributed by atoms with E-state index in [0.717, 1.165) is 25.3 Å². The molecular formula is C30H44N4O6S. The molecule has 1 aromatic carbocycles. The average molecular weight is 589 g/mol. The summed E-state index contributed by atoms with van der Waals surface area (Å²) in [7, 11) is 0. The molecule has 1 spiro atoms. The lowest BCUT2D eigenvalue weighted by molar-refractivity contribution is -0.142. The van der Waals surface area contributed by atoms with Crippen molar-refractivity contribution in [3.8, 4) is 5.75 Å². The summed E-state index contributed by atoms with van der Waals surface area (Å²) >= 11 is 1.65. The molecule has 11 heteroatoms. The van der Waals surface area contributed by atoms with Crippen molar-refractivity contribution in [1.29, 1.82) is 0 Å². The van der Waals surface area contributed by atoms with Gasteiger partial charge >= 0.3 is 0 Å². The lowest BCUT2D eigenvalue weighted by atomic mass is 9.70. The molecular weight excluding hydrogens is 544 g/mol. The third-order valence-corrected chi connectivity index (χ3v) is 10.9. The largest absolute Gasteiger partial charge is 0.494 e. The van der Waals surface area contributed by atoms with Gasteiger partial charge in [0.1, 0.15) is 11.8 Å². The van der Waals surface area contributed by atoms with Crippen molar-refractivity contribution in [2.24, 2.45) is 17.8 Å². The highest BCUT2D eigenvalue weighted by Gasteiger charge is 2.74. The molecule has 0 aromatic heterocycles. The number of carbonyl (C=O) groups is 3.